The fourth-order valence-electron chi connectivity index (χ4n) is 2.57. The van der Waals surface area contributed by atoms with Crippen LogP contribution in [0.2, 0.25) is 0 Å². The van der Waals surface area contributed by atoms with E-state index in [9.17, 15) is 8.42 Å². The highest BCUT2D eigenvalue weighted by Crippen LogP contribution is 2.31. The molecule has 1 heterocycles. The SMILES string of the molecule is CCCNCc1sccc1S(=O)(=O)N(CC)CC1CCC1. The van der Waals surface area contributed by atoms with Crippen molar-refractivity contribution in [3.63, 3.8) is 0 Å². The lowest BCUT2D eigenvalue weighted by atomic mass is 9.85. The lowest BCUT2D eigenvalue weighted by Gasteiger charge is -2.31. The second-order valence-electron chi connectivity index (χ2n) is 5.64. The summed E-state index contributed by atoms with van der Waals surface area (Å²) in [5.41, 5.74) is 0. The van der Waals surface area contributed by atoms with Gasteiger partial charge in [-0.15, -0.1) is 11.3 Å². The van der Waals surface area contributed by atoms with Crippen molar-refractivity contribution < 1.29 is 8.42 Å². The van der Waals surface area contributed by atoms with E-state index in [0.717, 1.165) is 17.8 Å². The molecule has 1 aliphatic rings. The quantitative estimate of drug-likeness (QED) is 0.708. The Morgan fingerprint density at radius 1 is 1.38 bits per heavy atom. The van der Waals surface area contributed by atoms with Crippen LogP contribution in [0.25, 0.3) is 0 Å². The summed E-state index contributed by atoms with van der Waals surface area (Å²) in [5, 5.41) is 5.18. The summed E-state index contributed by atoms with van der Waals surface area (Å²) >= 11 is 1.53. The Morgan fingerprint density at radius 2 is 2.14 bits per heavy atom. The van der Waals surface area contributed by atoms with Gasteiger partial charge in [-0.25, -0.2) is 8.42 Å². The molecule has 0 unspecified atom stereocenters. The Kier molecular flexibility index (Phi) is 6.22. The fraction of sp³-hybridized carbons (Fsp3) is 0.733. The summed E-state index contributed by atoms with van der Waals surface area (Å²) in [4.78, 5) is 1.42. The van der Waals surface area contributed by atoms with E-state index < -0.39 is 10.0 Å². The van der Waals surface area contributed by atoms with Gasteiger partial charge in [-0.05, 0) is 43.2 Å². The second-order valence-corrected chi connectivity index (χ2v) is 8.54. The maximum absolute atomic E-state index is 12.9. The first-order chi connectivity index (χ1) is 10.1. The van der Waals surface area contributed by atoms with Gasteiger partial charge in [0.25, 0.3) is 0 Å². The molecule has 6 heteroatoms. The van der Waals surface area contributed by atoms with E-state index in [0.29, 0.717) is 30.4 Å². The standard InChI is InChI=1S/C15H26N2O2S2/c1-3-9-16-11-14-15(8-10-20-14)21(18,19)17(4-2)12-13-6-5-7-13/h8,10,13,16H,3-7,9,11-12H2,1-2H3. The molecule has 0 amide bonds. The van der Waals surface area contributed by atoms with Crippen molar-refractivity contribution in [2.45, 2.75) is 51.0 Å². The van der Waals surface area contributed by atoms with Crippen molar-refractivity contribution in [3.05, 3.63) is 16.3 Å². The third-order valence-corrected chi connectivity index (χ3v) is 7.15. The molecule has 21 heavy (non-hydrogen) atoms. The monoisotopic (exact) mass is 330 g/mol. The lowest BCUT2D eigenvalue weighted by Crippen LogP contribution is -2.37. The van der Waals surface area contributed by atoms with Crippen LogP contribution < -0.4 is 5.32 Å². The summed E-state index contributed by atoms with van der Waals surface area (Å²) in [6, 6.07) is 1.76. The molecule has 4 nitrogen and oxygen atoms in total. The highest BCUT2D eigenvalue weighted by atomic mass is 32.2. The molecule has 1 N–H and O–H groups in total. The van der Waals surface area contributed by atoms with Gasteiger partial charge in [0.2, 0.25) is 10.0 Å². The zero-order valence-electron chi connectivity index (χ0n) is 13.0. The van der Waals surface area contributed by atoms with Crippen LogP contribution in [0.3, 0.4) is 0 Å². The predicted molar refractivity (Wildman–Crippen MR) is 88.1 cm³/mol. The van der Waals surface area contributed by atoms with Gasteiger partial charge in [0, 0.05) is 24.5 Å². The van der Waals surface area contributed by atoms with E-state index in [1.807, 2.05) is 12.3 Å². The zero-order valence-corrected chi connectivity index (χ0v) is 14.6. The number of nitrogens with one attached hydrogen (secondary N) is 1. The van der Waals surface area contributed by atoms with Crippen LogP contribution in [0, 0.1) is 5.92 Å². The van der Waals surface area contributed by atoms with Gasteiger partial charge in [0.05, 0.1) is 4.90 Å². The lowest BCUT2D eigenvalue weighted by molar-refractivity contribution is 0.250. The summed E-state index contributed by atoms with van der Waals surface area (Å²) in [6.07, 6.45) is 4.63. The molecule has 120 valence electrons. The molecule has 1 saturated carbocycles. The number of thiophene rings is 1. The highest BCUT2D eigenvalue weighted by molar-refractivity contribution is 7.89. The smallest absolute Gasteiger partial charge is 0.244 e. The van der Waals surface area contributed by atoms with Crippen molar-refractivity contribution in [1.29, 1.82) is 0 Å². The zero-order chi connectivity index (χ0) is 15.3. The number of hydrogen-bond donors (Lipinski definition) is 1. The molecule has 0 aromatic carbocycles. The first-order valence-corrected chi connectivity index (χ1v) is 10.2. The van der Waals surface area contributed by atoms with Crippen molar-refractivity contribution in [1.82, 2.24) is 9.62 Å². The topological polar surface area (TPSA) is 49.4 Å². The van der Waals surface area contributed by atoms with Gasteiger partial charge in [-0.2, -0.15) is 4.31 Å². The van der Waals surface area contributed by atoms with Crippen molar-refractivity contribution >= 4 is 21.4 Å². The average molecular weight is 331 g/mol. The highest BCUT2D eigenvalue weighted by Gasteiger charge is 2.30. The third kappa shape index (κ3) is 4.06. The van der Waals surface area contributed by atoms with E-state index in [-0.39, 0.29) is 0 Å². The molecular weight excluding hydrogens is 304 g/mol. The van der Waals surface area contributed by atoms with Gasteiger partial charge in [0.15, 0.2) is 0 Å². The van der Waals surface area contributed by atoms with Crippen molar-refractivity contribution in [2.24, 2.45) is 5.92 Å². The van der Waals surface area contributed by atoms with Crippen LogP contribution in [-0.4, -0.2) is 32.4 Å². The predicted octanol–water partition coefficient (Wildman–Crippen LogP) is 3.06. The Labute approximate surface area is 132 Å². The second kappa shape index (κ2) is 7.72. The minimum absolute atomic E-state index is 0.497. The number of sulfonamides is 1. The summed E-state index contributed by atoms with van der Waals surface area (Å²) in [5.74, 6) is 0.556. The van der Waals surface area contributed by atoms with E-state index in [1.54, 1.807) is 10.4 Å². The molecule has 1 fully saturated rings. The minimum Gasteiger partial charge on any atom is -0.312 e. The van der Waals surface area contributed by atoms with E-state index in [2.05, 4.69) is 12.2 Å². The van der Waals surface area contributed by atoms with Gasteiger partial charge >= 0.3 is 0 Å². The molecule has 0 saturated heterocycles. The van der Waals surface area contributed by atoms with Gasteiger partial charge in [-0.3, -0.25) is 0 Å². The van der Waals surface area contributed by atoms with E-state index in [4.69, 9.17) is 0 Å². The summed E-state index contributed by atoms with van der Waals surface area (Å²) in [6.45, 7) is 6.82. The first-order valence-electron chi connectivity index (χ1n) is 7.86. The van der Waals surface area contributed by atoms with Crippen LogP contribution in [0.1, 0.15) is 44.4 Å². The summed E-state index contributed by atoms with van der Waals surface area (Å²) in [7, 11) is -3.34. The number of nitrogens with zero attached hydrogens (tertiary/aromatic N) is 1. The Morgan fingerprint density at radius 3 is 2.71 bits per heavy atom. The average Bonchev–Trinajstić information content (AvgIpc) is 2.87. The molecule has 1 aliphatic carbocycles. The van der Waals surface area contributed by atoms with Gasteiger partial charge in [0.1, 0.15) is 0 Å². The molecule has 1 aromatic heterocycles. The van der Waals surface area contributed by atoms with E-state index >= 15 is 0 Å². The largest absolute Gasteiger partial charge is 0.312 e. The molecule has 0 aliphatic heterocycles. The first kappa shape index (κ1) is 16.9. The van der Waals surface area contributed by atoms with Crippen LogP contribution in [0.5, 0.6) is 0 Å². The van der Waals surface area contributed by atoms with Crippen LogP contribution in [-0.2, 0) is 16.6 Å². The molecule has 1 aromatic rings. The number of hydrogen-bond acceptors (Lipinski definition) is 4. The minimum atomic E-state index is -3.34. The molecular formula is C15H26N2O2S2. The van der Waals surface area contributed by atoms with E-state index in [1.165, 1.54) is 30.6 Å². The van der Waals surface area contributed by atoms with Crippen molar-refractivity contribution in [2.75, 3.05) is 19.6 Å². The van der Waals surface area contributed by atoms with Crippen molar-refractivity contribution in [3.8, 4) is 0 Å². The maximum Gasteiger partial charge on any atom is 0.244 e. The molecule has 2 rings (SSSR count). The normalized spacial score (nSPS) is 16.3. The molecule has 0 radical (unpaired) electrons. The Bertz CT molecular complexity index is 536. The molecule has 0 spiro atoms. The van der Waals surface area contributed by atoms with Gasteiger partial charge in [-0.1, -0.05) is 20.3 Å². The third-order valence-electron chi connectivity index (χ3n) is 4.07. The van der Waals surface area contributed by atoms with Crippen LogP contribution in [0.15, 0.2) is 16.3 Å². The van der Waals surface area contributed by atoms with Crippen LogP contribution in [0.4, 0.5) is 0 Å². The maximum atomic E-state index is 12.9. The molecule has 0 bridgehead atoms. The van der Waals surface area contributed by atoms with Crippen LogP contribution >= 0.6 is 11.3 Å². The Hall–Kier alpha value is -0.430. The number of rotatable bonds is 9. The van der Waals surface area contributed by atoms with Gasteiger partial charge < -0.3 is 5.32 Å². The summed E-state index contributed by atoms with van der Waals surface area (Å²) < 4.78 is 27.4. The molecule has 0 atom stereocenters. The Balaban J connectivity index is 2.11. The fourth-order valence-corrected chi connectivity index (χ4v) is 5.48.